The molecule has 0 aliphatic heterocycles. The SMILES string of the molecule is FC(F)Oc1cccc(-c2ccccn2)c1. The Morgan fingerprint density at radius 2 is 1.94 bits per heavy atom. The maximum atomic E-state index is 12.0. The number of nitrogens with zero attached hydrogens (tertiary/aromatic N) is 1. The molecule has 2 nitrogen and oxygen atoms in total. The molecule has 0 atom stereocenters. The second-order valence-corrected chi connectivity index (χ2v) is 3.12. The second-order valence-electron chi connectivity index (χ2n) is 3.12. The lowest BCUT2D eigenvalue weighted by atomic mass is 10.1. The van der Waals surface area contributed by atoms with Gasteiger partial charge in [-0.1, -0.05) is 18.2 Å². The molecule has 0 unspecified atom stereocenters. The third-order valence-electron chi connectivity index (χ3n) is 2.02. The van der Waals surface area contributed by atoms with Gasteiger partial charge in [-0.3, -0.25) is 4.98 Å². The Labute approximate surface area is 91.5 Å². The summed E-state index contributed by atoms with van der Waals surface area (Å²) in [5.74, 6) is 0.137. The molecule has 4 heteroatoms. The van der Waals surface area contributed by atoms with Crippen molar-refractivity contribution < 1.29 is 13.5 Å². The molecule has 2 aromatic rings. The van der Waals surface area contributed by atoms with Crippen molar-refractivity contribution in [2.24, 2.45) is 0 Å². The van der Waals surface area contributed by atoms with Crippen LogP contribution in [0.4, 0.5) is 8.78 Å². The van der Waals surface area contributed by atoms with Crippen LogP contribution in [0.5, 0.6) is 5.75 Å². The van der Waals surface area contributed by atoms with Crippen LogP contribution in [-0.4, -0.2) is 11.6 Å². The average molecular weight is 221 g/mol. The molecule has 0 aliphatic rings. The molecule has 1 aromatic heterocycles. The van der Waals surface area contributed by atoms with Gasteiger partial charge in [-0.05, 0) is 24.3 Å². The summed E-state index contributed by atoms with van der Waals surface area (Å²) >= 11 is 0. The van der Waals surface area contributed by atoms with Crippen LogP contribution in [0, 0.1) is 0 Å². The van der Waals surface area contributed by atoms with E-state index in [0.29, 0.717) is 0 Å². The number of pyridine rings is 1. The number of ether oxygens (including phenoxy) is 1. The van der Waals surface area contributed by atoms with Gasteiger partial charge in [-0.25, -0.2) is 0 Å². The predicted octanol–water partition coefficient (Wildman–Crippen LogP) is 3.35. The summed E-state index contributed by atoms with van der Waals surface area (Å²) in [7, 11) is 0. The molecule has 0 saturated heterocycles. The zero-order valence-electron chi connectivity index (χ0n) is 8.31. The summed E-state index contributed by atoms with van der Waals surface area (Å²) in [6.07, 6.45) is 1.65. The minimum Gasteiger partial charge on any atom is -0.435 e. The topological polar surface area (TPSA) is 22.1 Å². The van der Waals surface area contributed by atoms with E-state index in [1.165, 1.54) is 12.1 Å². The van der Waals surface area contributed by atoms with Gasteiger partial charge in [0, 0.05) is 11.8 Å². The lowest BCUT2D eigenvalue weighted by molar-refractivity contribution is -0.0498. The van der Waals surface area contributed by atoms with Crippen molar-refractivity contribution in [3.05, 3.63) is 48.7 Å². The van der Waals surface area contributed by atoms with Crippen molar-refractivity contribution in [3.8, 4) is 17.0 Å². The van der Waals surface area contributed by atoms with Crippen LogP contribution < -0.4 is 4.74 Å². The van der Waals surface area contributed by atoms with Crippen molar-refractivity contribution in [2.45, 2.75) is 6.61 Å². The van der Waals surface area contributed by atoms with Gasteiger partial charge in [0.1, 0.15) is 5.75 Å². The molecule has 2 rings (SSSR count). The smallest absolute Gasteiger partial charge is 0.387 e. The second kappa shape index (κ2) is 4.70. The summed E-state index contributed by atoms with van der Waals surface area (Å²) in [5, 5.41) is 0. The van der Waals surface area contributed by atoms with E-state index < -0.39 is 6.61 Å². The minimum absolute atomic E-state index is 0.137. The van der Waals surface area contributed by atoms with Crippen molar-refractivity contribution in [1.29, 1.82) is 0 Å². The fraction of sp³-hybridized carbons (Fsp3) is 0.0833. The van der Waals surface area contributed by atoms with E-state index >= 15 is 0 Å². The number of alkyl halides is 2. The van der Waals surface area contributed by atoms with Gasteiger partial charge in [0.15, 0.2) is 0 Å². The van der Waals surface area contributed by atoms with Gasteiger partial charge >= 0.3 is 6.61 Å². The van der Waals surface area contributed by atoms with Gasteiger partial charge in [0.2, 0.25) is 0 Å². The molecule has 0 radical (unpaired) electrons. The summed E-state index contributed by atoms with van der Waals surface area (Å²) in [4.78, 5) is 4.13. The zero-order valence-corrected chi connectivity index (χ0v) is 8.31. The lowest BCUT2D eigenvalue weighted by Gasteiger charge is -2.06. The highest BCUT2D eigenvalue weighted by Gasteiger charge is 2.05. The van der Waals surface area contributed by atoms with Crippen molar-refractivity contribution in [1.82, 2.24) is 4.98 Å². The number of aromatic nitrogens is 1. The Balaban J connectivity index is 2.29. The molecule has 1 heterocycles. The monoisotopic (exact) mass is 221 g/mol. The average Bonchev–Trinajstić information content (AvgIpc) is 2.30. The van der Waals surface area contributed by atoms with Crippen LogP contribution >= 0.6 is 0 Å². The maximum Gasteiger partial charge on any atom is 0.387 e. The quantitative estimate of drug-likeness (QED) is 0.792. The first-order valence-corrected chi connectivity index (χ1v) is 4.72. The minimum atomic E-state index is -2.81. The Bertz CT molecular complexity index is 460. The zero-order chi connectivity index (χ0) is 11.4. The van der Waals surface area contributed by atoms with Crippen LogP contribution in [0.25, 0.3) is 11.3 Å². The first kappa shape index (κ1) is 10.5. The third-order valence-corrected chi connectivity index (χ3v) is 2.02. The number of hydrogen-bond donors (Lipinski definition) is 0. The van der Waals surface area contributed by atoms with E-state index in [1.807, 2.05) is 12.1 Å². The van der Waals surface area contributed by atoms with Gasteiger partial charge in [-0.2, -0.15) is 8.78 Å². The van der Waals surface area contributed by atoms with Crippen LogP contribution in [0.15, 0.2) is 48.7 Å². The molecular formula is C12H9F2NO. The highest BCUT2D eigenvalue weighted by molar-refractivity contribution is 5.60. The first-order chi connectivity index (χ1) is 7.75. The highest BCUT2D eigenvalue weighted by Crippen LogP contribution is 2.22. The van der Waals surface area contributed by atoms with Crippen LogP contribution in [0.3, 0.4) is 0 Å². The molecule has 82 valence electrons. The van der Waals surface area contributed by atoms with Gasteiger partial charge in [0.05, 0.1) is 5.69 Å². The molecule has 16 heavy (non-hydrogen) atoms. The van der Waals surface area contributed by atoms with Crippen LogP contribution in [0.1, 0.15) is 0 Å². The molecule has 0 fully saturated rings. The summed E-state index contributed by atoms with van der Waals surface area (Å²) in [6.45, 7) is -2.81. The van der Waals surface area contributed by atoms with Crippen LogP contribution in [-0.2, 0) is 0 Å². The number of halogens is 2. The molecule has 0 spiro atoms. The summed E-state index contributed by atoms with van der Waals surface area (Å²) < 4.78 is 28.3. The number of rotatable bonds is 3. The van der Waals surface area contributed by atoms with Gasteiger partial charge < -0.3 is 4.74 Å². The van der Waals surface area contributed by atoms with Crippen molar-refractivity contribution in [2.75, 3.05) is 0 Å². The predicted molar refractivity (Wildman–Crippen MR) is 56.3 cm³/mol. The Morgan fingerprint density at radius 3 is 2.62 bits per heavy atom. The van der Waals surface area contributed by atoms with E-state index in [2.05, 4.69) is 9.72 Å². The fourth-order valence-corrected chi connectivity index (χ4v) is 1.37. The Kier molecular flexibility index (Phi) is 3.10. The van der Waals surface area contributed by atoms with E-state index in [-0.39, 0.29) is 5.75 Å². The number of hydrogen-bond acceptors (Lipinski definition) is 2. The molecule has 0 aliphatic carbocycles. The summed E-state index contributed by atoms with van der Waals surface area (Å²) in [6, 6.07) is 11.9. The molecule has 0 bridgehead atoms. The lowest BCUT2D eigenvalue weighted by Crippen LogP contribution is -2.01. The Morgan fingerprint density at radius 1 is 1.06 bits per heavy atom. The van der Waals surface area contributed by atoms with E-state index in [1.54, 1.807) is 24.4 Å². The van der Waals surface area contributed by atoms with Crippen molar-refractivity contribution in [3.63, 3.8) is 0 Å². The maximum absolute atomic E-state index is 12.0. The molecule has 0 amide bonds. The Hall–Kier alpha value is -1.97. The fourth-order valence-electron chi connectivity index (χ4n) is 1.37. The van der Waals surface area contributed by atoms with Gasteiger partial charge in [-0.15, -0.1) is 0 Å². The van der Waals surface area contributed by atoms with E-state index in [9.17, 15) is 8.78 Å². The molecular weight excluding hydrogens is 212 g/mol. The van der Waals surface area contributed by atoms with E-state index in [0.717, 1.165) is 11.3 Å². The largest absolute Gasteiger partial charge is 0.435 e. The summed E-state index contributed by atoms with van der Waals surface area (Å²) in [5.41, 5.74) is 1.47. The normalized spacial score (nSPS) is 10.4. The molecule has 1 aromatic carbocycles. The standard InChI is InChI=1S/C12H9F2NO/c13-12(14)16-10-5-3-4-9(8-10)11-6-1-2-7-15-11/h1-8,12H. The third kappa shape index (κ3) is 2.53. The first-order valence-electron chi connectivity index (χ1n) is 4.72. The molecule has 0 saturated carbocycles. The van der Waals surface area contributed by atoms with E-state index in [4.69, 9.17) is 0 Å². The van der Waals surface area contributed by atoms with Crippen LogP contribution in [0.2, 0.25) is 0 Å². The van der Waals surface area contributed by atoms with Gasteiger partial charge in [0.25, 0.3) is 0 Å². The molecule has 0 N–H and O–H groups in total. The highest BCUT2D eigenvalue weighted by atomic mass is 19.3. The number of benzene rings is 1. The van der Waals surface area contributed by atoms with Crippen molar-refractivity contribution >= 4 is 0 Å².